The van der Waals surface area contributed by atoms with Crippen LogP contribution in [0.2, 0.25) is 0 Å². The Balaban J connectivity index is 2.38. The molecule has 0 saturated carbocycles. The van der Waals surface area contributed by atoms with Crippen molar-refractivity contribution in [3.63, 3.8) is 0 Å². The van der Waals surface area contributed by atoms with Crippen molar-refractivity contribution in [2.75, 3.05) is 0 Å². The summed E-state index contributed by atoms with van der Waals surface area (Å²) in [5.74, 6) is 0. The average Bonchev–Trinajstić information content (AvgIpc) is 2.42. The molecular weight excluding hydrogens is 122 g/mol. The summed E-state index contributed by atoms with van der Waals surface area (Å²) in [6.07, 6.45) is 9.35. The Morgan fingerprint density at radius 3 is 3.00 bits per heavy atom. The van der Waals surface area contributed by atoms with Crippen LogP contribution >= 0.6 is 0 Å². The SMILES string of the molecule is CCC1=CC2=CC=NC2=C1. The maximum atomic E-state index is 4.19. The fourth-order valence-electron chi connectivity index (χ4n) is 1.22. The van der Waals surface area contributed by atoms with E-state index in [1.165, 1.54) is 11.1 Å². The van der Waals surface area contributed by atoms with E-state index < -0.39 is 0 Å². The van der Waals surface area contributed by atoms with Gasteiger partial charge in [-0.15, -0.1) is 0 Å². The van der Waals surface area contributed by atoms with E-state index in [1.807, 2.05) is 6.21 Å². The monoisotopic (exact) mass is 131 g/mol. The molecule has 2 rings (SSSR count). The zero-order valence-electron chi connectivity index (χ0n) is 5.96. The molecule has 2 aliphatic rings. The van der Waals surface area contributed by atoms with Crippen molar-refractivity contribution in [3.05, 3.63) is 35.1 Å². The first kappa shape index (κ1) is 5.66. The number of rotatable bonds is 1. The van der Waals surface area contributed by atoms with E-state index in [0.29, 0.717) is 0 Å². The largest absolute Gasteiger partial charge is 0.256 e. The van der Waals surface area contributed by atoms with Crippen molar-refractivity contribution in [2.45, 2.75) is 13.3 Å². The zero-order chi connectivity index (χ0) is 6.97. The molecule has 1 heterocycles. The number of fused-ring (bicyclic) bond motifs is 1. The molecule has 0 unspecified atom stereocenters. The summed E-state index contributed by atoms with van der Waals surface area (Å²) in [6.45, 7) is 2.16. The fourth-order valence-corrected chi connectivity index (χ4v) is 1.22. The lowest BCUT2D eigenvalue weighted by Crippen LogP contribution is -1.67. The summed E-state index contributed by atoms with van der Waals surface area (Å²) in [5.41, 5.74) is 3.80. The van der Waals surface area contributed by atoms with Crippen LogP contribution in [0.15, 0.2) is 40.1 Å². The van der Waals surface area contributed by atoms with Gasteiger partial charge in [-0.3, -0.25) is 4.99 Å². The Bertz CT molecular complexity index is 277. The standard InChI is InChI=1S/C9H9N/c1-2-7-5-8-3-4-10-9(8)6-7/h3-6H,2H2,1H3. The summed E-state index contributed by atoms with van der Waals surface area (Å²) in [5, 5.41) is 0. The second kappa shape index (κ2) is 1.94. The third-order valence-electron chi connectivity index (χ3n) is 1.83. The number of hydrogen-bond donors (Lipinski definition) is 0. The average molecular weight is 131 g/mol. The van der Waals surface area contributed by atoms with Crippen LogP contribution in [0, 0.1) is 0 Å². The first-order chi connectivity index (χ1) is 4.90. The highest BCUT2D eigenvalue weighted by atomic mass is 14.8. The van der Waals surface area contributed by atoms with Crippen LogP contribution in [-0.2, 0) is 0 Å². The normalized spacial score (nSPS) is 20.3. The van der Waals surface area contributed by atoms with Crippen LogP contribution in [0.5, 0.6) is 0 Å². The van der Waals surface area contributed by atoms with Crippen molar-refractivity contribution < 1.29 is 0 Å². The molecule has 0 spiro atoms. The van der Waals surface area contributed by atoms with E-state index in [0.717, 1.165) is 12.1 Å². The lowest BCUT2D eigenvalue weighted by molar-refractivity contribution is 1.15. The Morgan fingerprint density at radius 1 is 1.40 bits per heavy atom. The van der Waals surface area contributed by atoms with Crippen LogP contribution in [0.3, 0.4) is 0 Å². The highest BCUT2D eigenvalue weighted by Gasteiger charge is 2.11. The van der Waals surface area contributed by atoms with Crippen LogP contribution in [0.1, 0.15) is 13.3 Å². The number of hydrogen-bond acceptors (Lipinski definition) is 1. The molecule has 50 valence electrons. The van der Waals surface area contributed by atoms with Gasteiger partial charge in [0, 0.05) is 11.8 Å². The van der Waals surface area contributed by atoms with Gasteiger partial charge >= 0.3 is 0 Å². The molecule has 1 aliphatic carbocycles. The Labute approximate surface area is 60.5 Å². The number of nitrogens with zero attached hydrogens (tertiary/aromatic N) is 1. The molecule has 0 aromatic carbocycles. The molecular formula is C9H9N. The molecule has 0 N–H and O–H groups in total. The minimum atomic E-state index is 1.11. The van der Waals surface area contributed by atoms with E-state index in [-0.39, 0.29) is 0 Å². The van der Waals surface area contributed by atoms with E-state index in [1.54, 1.807) is 0 Å². The van der Waals surface area contributed by atoms with Gasteiger partial charge in [0.2, 0.25) is 0 Å². The molecule has 10 heavy (non-hydrogen) atoms. The predicted molar refractivity (Wildman–Crippen MR) is 43.0 cm³/mol. The molecule has 0 radical (unpaired) electrons. The van der Waals surface area contributed by atoms with Crippen molar-refractivity contribution in [3.8, 4) is 0 Å². The minimum Gasteiger partial charge on any atom is -0.256 e. The van der Waals surface area contributed by atoms with Crippen molar-refractivity contribution >= 4 is 6.21 Å². The molecule has 0 atom stereocenters. The van der Waals surface area contributed by atoms with Crippen LogP contribution in [0.4, 0.5) is 0 Å². The summed E-state index contributed by atoms with van der Waals surface area (Å²) in [7, 11) is 0. The minimum absolute atomic E-state index is 1.11. The molecule has 1 aliphatic heterocycles. The van der Waals surface area contributed by atoms with Gasteiger partial charge in [-0.05, 0) is 30.2 Å². The second-order valence-corrected chi connectivity index (χ2v) is 2.50. The van der Waals surface area contributed by atoms with Gasteiger partial charge in [0.1, 0.15) is 0 Å². The highest BCUT2D eigenvalue weighted by molar-refractivity contribution is 5.82. The molecule has 0 saturated heterocycles. The molecule has 0 bridgehead atoms. The van der Waals surface area contributed by atoms with Crippen LogP contribution in [0.25, 0.3) is 0 Å². The fraction of sp³-hybridized carbons (Fsp3) is 0.222. The maximum absolute atomic E-state index is 4.19. The molecule has 0 aromatic rings. The summed E-state index contributed by atoms with van der Waals surface area (Å²) < 4.78 is 0. The lowest BCUT2D eigenvalue weighted by Gasteiger charge is -1.85. The van der Waals surface area contributed by atoms with E-state index in [9.17, 15) is 0 Å². The predicted octanol–water partition coefficient (Wildman–Crippen LogP) is 2.23. The van der Waals surface area contributed by atoms with Crippen molar-refractivity contribution in [1.29, 1.82) is 0 Å². The van der Waals surface area contributed by atoms with Gasteiger partial charge in [-0.1, -0.05) is 6.92 Å². The summed E-state index contributed by atoms with van der Waals surface area (Å²) in [4.78, 5) is 4.19. The number of aliphatic imine (C=N–C) groups is 1. The molecule has 0 fully saturated rings. The van der Waals surface area contributed by atoms with Crippen LogP contribution in [-0.4, -0.2) is 6.21 Å². The number of allylic oxidation sites excluding steroid dienone is 4. The second-order valence-electron chi connectivity index (χ2n) is 2.50. The topological polar surface area (TPSA) is 12.4 Å². The first-order valence-corrected chi connectivity index (χ1v) is 3.57. The van der Waals surface area contributed by atoms with E-state index >= 15 is 0 Å². The van der Waals surface area contributed by atoms with Crippen molar-refractivity contribution in [1.82, 2.24) is 0 Å². The highest BCUT2D eigenvalue weighted by Crippen LogP contribution is 2.28. The van der Waals surface area contributed by atoms with Gasteiger partial charge in [-0.2, -0.15) is 0 Å². The van der Waals surface area contributed by atoms with Crippen molar-refractivity contribution in [2.24, 2.45) is 4.99 Å². The third-order valence-corrected chi connectivity index (χ3v) is 1.83. The molecule has 1 nitrogen and oxygen atoms in total. The molecule has 1 heteroatoms. The van der Waals surface area contributed by atoms with Gasteiger partial charge in [0.15, 0.2) is 0 Å². The quantitative estimate of drug-likeness (QED) is 0.517. The zero-order valence-corrected chi connectivity index (χ0v) is 5.96. The summed E-state index contributed by atoms with van der Waals surface area (Å²) in [6, 6.07) is 0. The maximum Gasteiger partial charge on any atom is 0.0705 e. The lowest BCUT2D eigenvalue weighted by atomic mass is 10.2. The van der Waals surface area contributed by atoms with Crippen LogP contribution < -0.4 is 0 Å². The van der Waals surface area contributed by atoms with E-state index in [4.69, 9.17) is 0 Å². The van der Waals surface area contributed by atoms with Gasteiger partial charge in [-0.25, -0.2) is 0 Å². The third kappa shape index (κ3) is 0.670. The Kier molecular flexibility index (Phi) is 1.10. The smallest absolute Gasteiger partial charge is 0.0705 e. The first-order valence-electron chi connectivity index (χ1n) is 3.57. The summed E-state index contributed by atoms with van der Waals surface area (Å²) >= 11 is 0. The molecule has 0 aromatic heterocycles. The molecule has 0 amide bonds. The Hall–Kier alpha value is -1.11. The van der Waals surface area contributed by atoms with E-state index in [2.05, 4.69) is 30.1 Å². The van der Waals surface area contributed by atoms with Gasteiger partial charge in [0.25, 0.3) is 0 Å². The van der Waals surface area contributed by atoms with Gasteiger partial charge in [0.05, 0.1) is 5.70 Å². The van der Waals surface area contributed by atoms with Gasteiger partial charge < -0.3 is 0 Å². The Morgan fingerprint density at radius 2 is 2.30 bits per heavy atom.